The van der Waals surface area contributed by atoms with Crippen LogP contribution in [0.5, 0.6) is 0 Å². The number of pyridine rings is 1. The van der Waals surface area contributed by atoms with Gasteiger partial charge in [-0.25, -0.2) is 4.98 Å². The van der Waals surface area contributed by atoms with Crippen LogP contribution in [0.25, 0.3) is 0 Å². The molecule has 4 nitrogen and oxygen atoms in total. The van der Waals surface area contributed by atoms with E-state index in [1.807, 2.05) is 32.0 Å². The third kappa shape index (κ3) is 4.44. The van der Waals surface area contributed by atoms with Gasteiger partial charge in [-0.3, -0.25) is 10.1 Å². The summed E-state index contributed by atoms with van der Waals surface area (Å²) in [6.45, 7) is 7.72. The average Bonchev–Trinajstić information content (AvgIpc) is 2.38. The molecule has 0 aliphatic carbocycles. The van der Waals surface area contributed by atoms with Gasteiger partial charge in [-0.2, -0.15) is 0 Å². The maximum atomic E-state index is 11.8. The van der Waals surface area contributed by atoms with E-state index in [9.17, 15) is 4.79 Å². The van der Waals surface area contributed by atoms with Crippen molar-refractivity contribution in [3.8, 4) is 0 Å². The molecule has 0 aliphatic rings. The summed E-state index contributed by atoms with van der Waals surface area (Å²) < 4.78 is 5.56. The topological polar surface area (TPSA) is 51.2 Å². The zero-order valence-electron chi connectivity index (χ0n) is 11.4. The lowest BCUT2D eigenvalue weighted by Crippen LogP contribution is -2.43. The van der Waals surface area contributed by atoms with Gasteiger partial charge in [0, 0.05) is 0 Å². The van der Waals surface area contributed by atoms with Gasteiger partial charge in [-0.15, -0.1) is 6.58 Å². The largest absolute Gasteiger partial charge is 0.468 e. The van der Waals surface area contributed by atoms with E-state index in [0.29, 0.717) is 0 Å². The maximum absolute atomic E-state index is 11.8. The molecular weight excluding hydrogens is 308 g/mol. The predicted octanol–water partition coefficient (Wildman–Crippen LogP) is 2.86. The molecule has 1 aromatic heterocycles. The number of esters is 1. The van der Waals surface area contributed by atoms with Gasteiger partial charge in [0.1, 0.15) is 10.6 Å². The molecule has 0 aliphatic heterocycles. The highest BCUT2D eigenvalue weighted by Crippen LogP contribution is 2.17. The van der Waals surface area contributed by atoms with Crippen molar-refractivity contribution in [1.82, 2.24) is 10.3 Å². The molecule has 0 amide bonds. The van der Waals surface area contributed by atoms with Crippen molar-refractivity contribution >= 4 is 21.9 Å². The molecule has 1 heterocycles. The van der Waals surface area contributed by atoms with Gasteiger partial charge in [0.15, 0.2) is 0 Å². The molecule has 104 valence electrons. The maximum Gasteiger partial charge on any atom is 0.323 e. The van der Waals surface area contributed by atoms with Crippen molar-refractivity contribution in [3.63, 3.8) is 0 Å². The van der Waals surface area contributed by atoms with Crippen LogP contribution < -0.4 is 5.32 Å². The van der Waals surface area contributed by atoms with Gasteiger partial charge < -0.3 is 4.74 Å². The van der Waals surface area contributed by atoms with Crippen molar-refractivity contribution < 1.29 is 9.53 Å². The van der Waals surface area contributed by atoms with Crippen LogP contribution in [-0.4, -0.2) is 24.1 Å². The van der Waals surface area contributed by atoms with Crippen molar-refractivity contribution in [2.45, 2.75) is 25.9 Å². The zero-order chi connectivity index (χ0) is 14.4. The molecule has 0 radical (unpaired) electrons. The molecule has 2 atom stereocenters. The first-order valence-corrected chi connectivity index (χ1v) is 6.87. The molecule has 2 unspecified atom stereocenters. The molecule has 5 heteroatoms. The Kier molecular flexibility index (Phi) is 6.18. The first kappa shape index (κ1) is 15.9. The molecule has 0 bridgehead atoms. The zero-order valence-corrected chi connectivity index (χ0v) is 13.0. The van der Waals surface area contributed by atoms with E-state index < -0.39 is 6.04 Å². The number of ether oxygens (including phenoxy) is 1. The molecule has 0 saturated carbocycles. The molecule has 1 rings (SSSR count). The second-order valence-corrected chi connectivity index (χ2v) is 5.32. The average molecular weight is 327 g/mol. The minimum atomic E-state index is -0.395. The Hall–Kier alpha value is -1.20. The third-order valence-electron chi connectivity index (χ3n) is 2.77. The smallest absolute Gasteiger partial charge is 0.323 e. The Morgan fingerprint density at radius 3 is 2.68 bits per heavy atom. The van der Waals surface area contributed by atoms with Gasteiger partial charge in [0.05, 0.1) is 18.8 Å². The highest BCUT2D eigenvalue weighted by molar-refractivity contribution is 9.10. The second kappa shape index (κ2) is 7.40. The Balaban J connectivity index is 2.91. The minimum Gasteiger partial charge on any atom is -0.468 e. The fourth-order valence-electron chi connectivity index (χ4n) is 1.72. The van der Waals surface area contributed by atoms with Crippen molar-refractivity contribution in [2.75, 3.05) is 7.11 Å². The van der Waals surface area contributed by atoms with Crippen molar-refractivity contribution in [2.24, 2.45) is 5.92 Å². The molecule has 0 aromatic carbocycles. The number of hydrogen-bond donors (Lipinski definition) is 1. The van der Waals surface area contributed by atoms with E-state index in [4.69, 9.17) is 4.74 Å². The SMILES string of the molecule is C=CC(NC(C(=O)OC)C(C)C)c1cccc(Br)n1. The lowest BCUT2D eigenvalue weighted by Gasteiger charge is -2.24. The summed E-state index contributed by atoms with van der Waals surface area (Å²) in [5.74, 6) is -0.168. The summed E-state index contributed by atoms with van der Waals surface area (Å²) >= 11 is 3.33. The van der Waals surface area contributed by atoms with Gasteiger partial charge in [0.2, 0.25) is 0 Å². The standard InChI is InChI=1S/C14H19BrN2O2/c1-5-10(11-7-6-8-12(15)16-11)17-13(9(2)3)14(18)19-4/h5-10,13,17H,1H2,2-4H3. The van der Waals surface area contributed by atoms with Crippen LogP contribution in [0.3, 0.4) is 0 Å². The van der Waals surface area contributed by atoms with Gasteiger partial charge in [-0.05, 0) is 34.0 Å². The molecule has 0 spiro atoms. The number of nitrogens with one attached hydrogen (secondary N) is 1. The van der Waals surface area contributed by atoms with E-state index in [-0.39, 0.29) is 17.9 Å². The van der Waals surface area contributed by atoms with Crippen molar-refractivity contribution in [3.05, 3.63) is 41.2 Å². The lowest BCUT2D eigenvalue weighted by atomic mass is 10.0. The monoisotopic (exact) mass is 326 g/mol. The summed E-state index contributed by atoms with van der Waals surface area (Å²) in [5, 5.41) is 3.22. The molecular formula is C14H19BrN2O2. The lowest BCUT2D eigenvalue weighted by molar-refractivity contribution is -0.144. The van der Waals surface area contributed by atoms with E-state index in [1.165, 1.54) is 7.11 Å². The summed E-state index contributed by atoms with van der Waals surface area (Å²) in [5.41, 5.74) is 0.805. The van der Waals surface area contributed by atoms with Crippen LogP contribution in [-0.2, 0) is 9.53 Å². The number of carbonyl (C=O) groups excluding carboxylic acids is 1. The fourth-order valence-corrected chi connectivity index (χ4v) is 2.08. The van der Waals surface area contributed by atoms with Crippen molar-refractivity contribution in [1.29, 1.82) is 0 Å². The highest BCUT2D eigenvalue weighted by Gasteiger charge is 2.25. The normalized spacial score (nSPS) is 13.9. The van der Waals surface area contributed by atoms with Crippen LogP contribution in [0.4, 0.5) is 0 Å². The number of halogens is 1. The number of rotatable bonds is 6. The molecule has 0 fully saturated rings. The van der Waals surface area contributed by atoms with E-state index >= 15 is 0 Å². The van der Waals surface area contributed by atoms with E-state index in [0.717, 1.165) is 10.3 Å². The Bertz CT molecular complexity index is 449. The Morgan fingerprint density at radius 1 is 1.53 bits per heavy atom. The number of nitrogens with zero attached hydrogens (tertiary/aromatic N) is 1. The van der Waals surface area contributed by atoms with Crippen LogP contribution in [0.15, 0.2) is 35.5 Å². The highest BCUT2D eigenvalue weighted by atomic mass is 79.9. The predicted molar refractivity (Wildman–Crippen MR) is 78.7 cm³/mol. The van der Waals surface area contributed by atoms with Gasteiger partial charge >= 0.3 is 5.97 Å². The quantitative estimate of drug-likeness (QED) is 0.496. The van der Waals surface area contributed by atoms with Crippen LogP contribution >= 0.6 is 15.9 Å². The number of methoxy groups -OCH3 is 1. The first-order chi connectivity index (χ1) is 8.99. The van der Waals surface area contributed by atoms with Crippen LogP contribution in [0, 0.1) is 5.92 Å². The van der Waals surface area contributed by atoms with Crippen LogP contribution in [0.2, 0.25) is 0 Å². The third-order valence-corrected chi connectivity index (χ3v) is 3.21. The summed E-state index contributed by atoms with van der Waals surface area (Å²) in [6.07, 6.45) is 1.73. The van der Waals surface area contributed by atoms with Gasteiger partial charge in [-0.1, -0.05) is 26.0 Å². The Morgan fingerprint density at radius 2 is 2.21 bits per heavy atom. The number of carbonyl (C=O) groups is 1. The summed E-state index contributed by atoms with van der Waals surface area (Å²) in [7, 11) is 1.39. The summed E-state index contributed by atoms with van der Waals surface area (Å²) in [6, 6.07) is 5.04. The number of aromatic nitrogens is 1. The fraction of sp³-hybridized carbons (Fsp3) is 0.429. The first-order valence-electron chi connectivity index (χ1n) is 6.08. The van der Waals surface area contributed by atoms with Crippen LogP contribution in [0.1, 0.15) is 25.6 Å². The van der Waals surface area contributed by atoms with Gasteiger partial charge in [0.25, 0.3) is 0 Å². The second-order valence-electron chi connectivity index (χ2n) is 4.51. The molecule has 0 saturated heterocycles. The van der Waals surface area contributed by atoms with E-state index in [2.05, 4.69) is 32.8 Å². The Labute approximate surface area is 122 Å². The molecule has 19 heavy (non-hydrogen) atoms. The molecule has 1 aromatic rings. The number of hydrogen-bond acceptors (Lipinski definition) is 4. The molecule has 1 N–H and O–H groups in total. The minimum absolute atomic E-state index is 0.113. The summed E-state index contributed by atoms with van der Waals surface area (Å²) in [4.78, 5) is 16.1. The van der Waals surface area contributed by atoms with E-state index in [1.54, 1.807) is 6.08 Å².